The van der Waals surface area contributed by atoms with Crippen molar-refractivity contribution in [1.29, 1.82) is 0 Å². The minimum absolute atomic E-state index is 0.0393. The number of hydrogen-bond donors (Lipinski definition) is 1. The maximum Gasteiger partial charge on any atom is 0.363 e. The highest BCUT2D eigenvalue weighted by atomic mass is 19.1. The van der Waals surface area contributed by atoms with Gasteiger partial charge in [-0.3, -0.25) is 0 Å². The van der Waals surface area contributed by atoms with E-state index in [1.54, 1.807) is 30.3 Å². The summed E-state index contributed by atoms with van der Waals surface area (Å²) in [5.41, 5.74) is 0.780. The summed E-state index contributed by atoms with van der Waals surface area (Å²) in [6, 6.07) is 12.3. The normalized spacial score (nSPS) is 15.0. The first-order valence-electron chi connectivity index (χ1n) is 7.25. The molecule has 0 amide bonds. The number of carboxylic acid groups (broad SMARTS) is 1. The van der Waals surface area contributed by atoms with E-state index in [-0.39, 0.29) is 17.2 Å². The second-order valence-electron chi connectivity index (χ2n) is 5.07. The molecule has 1 aliphatic heterocycles. The lowest BCUT2D eigenvalue weighted by molar-refractivity contribution is -0.139. The fourth-order valence-electron chi connectivity index (χ4n) is 2.12. The second-order valence-corrected chi connectivity index (χ2v) is 5.07. The number of esters is 1. The Labute approximate surface area is 141 Å². The van der Waals surface area contributed by atoms with Crippen LogP contribution < -0.4 is 4.74 Å². The fraction of sp³-hybridized carbons (Fsp3) is 0.0556. The molecule has 0 fully saturated rings. The molecule has 1 aliphatic rings. The van der Waals surface area contributed by atoms with Crippen LogP contribution in [0.4, 0.5) is 4.39 Å². The Balaban J connectivity index is 1.80. The zero-order valence-electron chi connectivity index (χ0n) is 12.8. The summed E-state index contributed by atoms with van der Waals surface area (Å²) in [5, 5.41) is 8.56. The first-order valence-corrected chi connectivity index (χ1v) is 7.25. The molecule has 0 atom stereocenters. The fourth-order valence-corrected chi connectivity index (χ4v) is 2.12. The molecule has 0 aromatic heterocycles. The first-order chi connectivity index (χ1) is 12.0. The highest BCUT2D eigenvalue weighted by molar-refractivity contribution is 6.12. The maximum atomic E-state index is 13.7. The number of hydrogen-bond acceptors (Lipinski definition) is 5. The quantitative estimate of drug-likeness (QED) is 0.667. The molecule has 0 spiro atoms. The Bertz CT molecular complexity index is 887. The molecule has 6 nitrogen and oxygen atoms in total. The molecule has 2 aromatic rings. The van der Waals surface area contributed by atoms with Gasteiger partial charge in [-0.1, -0.05) is 24.3 Å². The number of nitrogens with zero attached hydrogens (tertiary/aromatic N) is 1. The number of cyclic esters (lactones) is 1. The predicted molar refractivity (Wildman–Crippen MR) is 86.6 cm³/mol. The van der Waals surface area contributed by atoms with Crippen molar-refractivity contribution in [3.63, 3.8) is 0 Å². The van der Waals surface area contributed by atoms with E-state index in [1.807, 2.05) is 0 Å². The molecule has 3 rings (SSSR count). The molecule has 0 unspecified atom stereocenters. The smallest absolute Gasteiger partial charge is 0.363 e. The van der Waals surface area contributed by atoms with Crippen LogP contribution in [-0.2, 0) is 14.3 Å². The molecule has 0 aliphatic carbocycles. The summed E-state index contributed by atoms with van der Waals surface area (Å²) < 4.78 is 23.8. The third-order valence-electron chi connectivity index (χ3n) is 3.27. The van der Waals surface area contributed by atoms with E-state index in [0.29, 0.717) is 11.3 Å². The molecule has 2 aromatic carbocycles. The molecule has 0 saturated heterocycles. The number of ether oxygens (including phenoxy) is 2. The Morgan fingerprint density at radius 3 is 2.60 bits per heavy atom. The van der Waals surface area contributed by atoms with E-state index in [4.69, 9.17) is 14.6 Å². The van der Waals surface area contributed by atoms with Crippen molar-refractivity contribution in [2.75, 3.05) is 6.61 Å². The summed E-state index contributed by atoms with van der Waals surface area (Å²) in [6.07, 6.45) is 1.48. The first kappa shape index (κ1) is 16.4. The molecule has 25 heavy (non-hydrogen) atoms. The van der Waals surface area contributed by atoms with Crippen LogP contribution in [0.5, 0.6) is 5.75 Å². The van der Waals surface area contributed by atoms with Crippen molar-refractivity contribution in [2.45, 2.75) is 0 Å². The number of halogens is 1. The van der Waals surface area contributed by atoms with E-state index in [1.165, 1.54) is 24.3 Å². The molecule has 1 heterocycles. The van der Waals surface area contributed by atoms with Crippen LogP contribution in [0.3, 0.4) is 0 Å². The van der Waals surface area contributed by atoms with Crippen molar-refractivity contribution < 1.29 is 28.6 Å². The van der Waals surface area contributed by atoms with Gasteiger partial charge in [-0.25, -0.2) is 19.0 Å². The van der Waals surface area contributed by atoms with E-state index < -0.39 is 24.4 Å². The number of aliphatic imine (C=N–C) groups is 1. The summed E-state index contributed by atoms with van der Waals surface area (Å²) >= 11 is 0. The van der Waals surface area contributed by atoms with Crippen LogP contribution in [0.1, 0.15) is 11.1 Å². The molecular weight excluding hydrogens is 329 g/mol. The van der Waals surface area contributed by atoms with E-state index in [9.17, 15) is 14.0 Å². The molecule has 0 bridgehead atoms. The monoisotopic (exact) mass is 341 g/mol. The van der Waals surface area contributed by atoms with Gasteiger partial charge in [0.15, 0.2) is 12.3 Å². The third-order valence-corrected chi connectivity index (χ3v) is 3.27. The summed E-state index contributed by atoms with van der Waals surface area (Å²) in [6.45, 7) is -0.441. The second kappa shape index (κ2) is 6.96. The lowest BCUT2D eigenvalue weighted by Gasteiger charge is -2.02. The molecule has 7 heteroatoms. The van der Waals surface area contributed by atoms with Gasteiger partial charge in [0, 0.05) is 0 Å². The van der Waals surface area contributed by atoms with Gasteiger partial charge >= 0.3 is 11.9 Å². The standard InChI is InChI=1S/C18H12FNO5/c19-14-4-2-1-3-13(14)17-20-15(18(23)25-17)9-11-5-7-12(8-6-11)24-10-16(21)22/h1-9H,10H2,(H,21,22)/b15-9-. The van der Waals surface area contributed by atoms with Gasteiger partial charge in [0.25, 0.3) is 0 Å². The third kappa shape index (κ3) is 3.89. The summed E-state index contributed by atoms with van der Waals surface area (Å²) in [4.78, 5) is 26.4. The van der Waals surface area contributed by atoms with Crippen LogP contribution in [0.2, 0.25) is 0 Å². The van der Waals surface area contributed by atoms with E-state index in [0.717, 1.165) is 0 Å². The number of carbonyl (C=O) groups is 2. The van der Waals surface area contributed by atoms with Crippen molar-refractivity contribution in [3.8, 4) is 5.75 Å². The number of rotatable bonds is 5. The molecule has 0 radical (unpaired) electrons. The minimum Gasteiger partial charge on any atom is -0.482 e. The average molecular weight is 341 g/mol. The molecule has 126 valence electrons. The number of carbonyl (C=O) groups excluding carboxylic acids is 1. The van der Waals surface area contributed by atoms with E-state index in [2.05, 4.69) is 4.99 Å². The van der Waals surface area contributed by atoms with Gasteiger partial charge in [0.05, 0.1) is 5.56 Å². The Kier molecular flexibility index (Phi) is 4.56. The zero-order chi connectivity index (χ0) is 17.8. The lowest BCUT2D eigenvalue weighted by Crippen LogP contribution is -2.09. The molecule has 0 saturated carbocycles. The van der Waals surface area contributed by atoms with Crippen molar-refractivity contribution >= 4 is 23.9 Å². The van der Waals surface area contributed by atoms with Crippen LogP contribution in [0.25, 0.3) is 6.08 Å². The summed E-state index contributed by atoms with van der Waals surface area (Å²) in [5.74, 6) is -1.99. The van der Waals surface area contributed by atoms with Crippen molar-refractivity contribution in [1.82, 2.24) is 0 Å². The number of benzene rings is 2. The lowest BCUT2D eigenvalue weighted by atomic mass is 10.2. The van der Waals surface area contributed by atoms with Crippen molar-refractivity contribution in [2.24, 2.45) is 4.99 Å². The SMILES string of the molecule is O=C(O)COc1ccc(/C=C2\N=C(c3ccccc3F)OC2=O)cc1. The van der Waals surface area contributed by atoms with Gasteiger partial charge in [-0.05, 0) is 35.9 Å². The van der Waals surface area contributed by atoms with Gasteiger partial charge in [0.1, 0.15) is 11.6 Å². The largest absolute Gasteiger partial charge is 0.482 e. The zero-order valence-corrected chi connectivity index (χ0v) is 12.8. The maximum absolute atomic E-state index is 13.7. The van der Waals surface area contributed by atoms with Crippen molar-refractivity contribution in [3.05, 3.63) is 71.2 Å². The van der Waals surface area contributed by atoms with Gasteiger partial charge in [-0.15, -0.1) is 0 Å². The minimum atomic E-state index is -1.07. The highest BCUT2D eigenvalue weighted by Crippen LogP contribution is 2.21. The van der Waals surface area contributed by atoms with Gasteiger partial charge < -0.3 is 14.6 Å². The molecule has 1 N–H and O–H groups in total. The predicted octanol–water partition coefficient (Wildman–Crippen LogP) is 2.63. The van der Waals surface area contributed by atoms with Gasteiger partial charge in [0.2, 0.25) is 5.90 Å². The van der Waals surface area contributed by atoms with Crippen LogP contribution in [0, 0.1) is 5.82 Å². The topological polar surface area (TPSA) is 85.2 Å². The van der Waals surface area contributed by atoms with E-state index >= 15 is 0 Å². The van der Waals surface area contributed by atoms with Crippen LogP contribution in [0.15, 0.2) is 59.2 Å². The Hall–Kier alpha value is -3.48. The van der Waals surface area contributed by atoms with Gasteiger partial charge in [-0.2, -0.15) is 0 Å². The highest BCUT2D eigenvalue weighted by Gasteiger charge is 2.25. The Morgan fingerprint density at radius 1 is 1.20 bits per heavy atom. The number of aliphatic carboxylic acids is 1. The average Bonchev–Trinajstić information content (AvgIpc) is 2.95. The molecular formula is C18H12FNO5. The Morgan fingerprint density at radius 2 is 1.92 bits per heavy atom. The summed E-state index contributed by atoms with van der Waals surface area (Å²) in [7, 11) is 0. The van der Waals surface area contributed by atoms with Crippen LogP contribution in [-0.4, -0.2) is 29.5 Å². The number of carboxylic acids is 1. The van der Waals surface area contributed by atoms with Crippen LogP contribution >= 0.6 is 0 Å².